The van der Waals surface area contributed by atoms with Crippen LogP contribution in [-0.2, 0) is 39.4 Å². The number of primary amides is 1. The summed E-state index contributed by atoms with van der Waals surface area (Å²) in [6, 6.07) is 3.81. The lowest BCUT2D eigenvalue weighted by atomic mass is 9.90. The summed E-state index contributed by atoms with van der Waals surface area (Å²) in [5, 5.41) is 6.50. The fourth-order valence-corrected chi connectivity index (χ4v) is 5.40. The maximum absolute atomic E-state index is 15.4. The van der Waals surface area contributed by atoms with Crippen molar-refractivity contribution in [1.29, 1.82) is 0 Å². The number of benzene rings is 2. The number of hydrogen-bond acceptors (Lipinski definition) is 5. The molecule has 1 aliphatic carbocycles. The number of imide groups is 1. The number of fused-ring (bicyclic) bond motifs is 2. The van der Waals surface area contributed by atoms with Crippen LogP contribution in [0.25, 0.3) is 11.1 Å². The Morgan fingerprint density at radius 3 is 2.49 bits per heavy atom. The Kier molecular flexibility index (Phi) is 7.44. The average Bonchev–Trinajstić information content (AvgIpc) is 3.60. The number of nitrogens with one attached hydrogen (secondary N) is 1. The number of alkyl halides is 3. The number of halogens is 5. The number of carbonyl (C=O) groups is 4. The zero-order valence-electron chi connectivity index (χ0n) is 22.6. The van der Waals surface area contributed by atoms with Crippen LogP contribution in [0.2, 0.25) is 0 Å². The van der Waals surface area contributed by atoms with Gasteiger partial charge in [0.05, 0.1) is 6.20 Å². The van der Waals surface area contributed by atoms with E-state index in [9.17, 15) is 36.7 Å². The lowest BCUT2D eigenvalue weighted by Gasteiger charge is -2.32. The first kappa shape index (κ1) is 29.7. The van der Waals surface area contributed by atoms with Gasteiger partial charge >= 0.3 is 12.2 Å². The molecular formula is C28H25F5N6O4. The van der Waals surface area contributed by atoms with Gasteiger partial charge in [0, 0.05) is 23.9 Å². The van der Waals surface area contributed by atoms with Gasteiger partial charge in [-0.1, -0.05) is 12.1 Å². The van der Waals surface area contributed by atoms with Gasteiger partial charge < -0.3 is 16.0 Å². The predicted molar refractivity (Wildman–Crippen MR) is 140 cm³/mol. The SMILES string of the molecule is C[C@H](N(Cc1ccc(F)cc1)C(=O)CN1C(=O)NC2(CCc3cc(-c4cnn(CC(N)=O)c4)c(F)cc32)C1=O)C(F)(F)F. The third-order valence-corrected chi connectivity index (χ3v) is 7.68. The van der Waals surface area contributed by atoms with Gasteiger partial charge in [0.1, 0.15) is 36.3 Å². The molecule has 1 aliphatic heterocycles. The number of nitrogens with two attached hydrogens (primary N) is 1. The molecule has 5 amide bonds. The number of carbonyl (C=O) groups excluding carboxylic acids is 4. The third kappa shape index (κ3) is 5.53. The number of aromatic nitrogens is 2. The lowest BCUT2D eigenvalue weighted by molar-refractivity contribution is -0.187. The first-order chi connectivity index (χ1) is 20.2. The quantitative estimate of drug-likeness (QED) is 0.302. The Bertz CT molecular complexity index is 1620. The minimum Gasteiger partial charge on any atom is -0.368 e. The number of aryl methyl sites for hydroxylation is 1. The van der Waals surface area contributed by atoms with E-state index in [1.807, 2.05) is 0 Å². The summed E-state index contributed by atoms with van der Waals surface area (Å²) in [5.74, 6) is -4.07. The molecule has 2 aromatic carbocycles. The molecule has 0 bridgehead atoms. The van der Waals surface area contributed by atoms with E-state index in [2.05, 4.69) is 10.4 Å². The average molecular weight is 605 g/mol. The summed E-state index contributed by atoms with van der Waals surface area (Å²) in [6.45, 7) is -1.00. The van der Waals surface area contributed by atoms with Crippen molar-refractivity contribution in [3.05, 3.63) is 77.1 Å². The Balaban J connectivity index is 1.40. The van der Waals surface area contributed by atoms with Crippen LogP contribution in [-0.4, -0.2) is 62.1 Å². The molecule has 2 atom stereocenters. The van der Waals surface area contributed by atoms with Crippen LogP contribution < -0.4 is 11.1 Å². The number of urea groups is 1. The molecule has 1 spiro atoms. The molecule has 1 aromatic heterocycles. The predicted octanol–water partition coefficient (Wildman–Crippen LogP) is 2.99. The van der Waals surface area contributed by atoms with Crippen molar-refractivity contribution < 1.29 is 41.1 Å². The van der Waals surface area contributed by atoms with E-state index in [1.165, 1.54) is 35.3 Å². The zero-order chi connectivity index (χ0) is 31.3. The van der Waals surface area contributed by atoms with Crippen molar-refractivity contribution in [2.75, 3.05) is 6.54 Å². The van der Waals surface area contributed by atoms with E-state index in [4.69, 9.17) is 5.73 Å². The van der Waals surface area contributed by atoms with E-state index >= 15 is 4.39 Å². The minimum absolute atomic E-state index is 0.0275. The van der Waals surface area contributed by atoms with Crippen LogP contribution in [0.1, 0.15) is 30.0 Å². The van der Waals surface area contributed by atoms with Crippen LogP contribution in [0.4, 0.5) is 26.7 Å². The number of amides is 5. The van der Waals surface area contributed by atoms with Crippen LogP contribution in [0.3, 0.4) is 0 Å². The van der Waals surface area contributed by atoms with Crippen LogP contribution >= 0.6 is 0 Å². The molecule has 226 valence electrons. The van der Waals surface area contributed by atoms with Gasteiger partial charge in [0.15, 0.2) is 0 Å². The largest absolute Gasteiger partial charge is 0.408 e. The van der Waals surface area contributed by atoms with Gasteiger partial charge in [0.2, 0.25) is 11.8 Å². The van der Waals surface area contributed by atoms with E-state index in [1.54, 1.807) is 0 Å². The second-order valence-corrected chi connectivity index (χ2v) is 10.5. The van der Waals surface area contributed by atoms with Gasteiger partial charge in [-0.05, 0) is 60.7 Å². The molecule has 5 rings (SSSR count). The van der Waals surface area contributed by atoms with Crippen molar-refractivity contribution in [3.8, 4) is 11.1 Å². The van der Waals surface area contributed by atoms with Crippen LogP contribution in [0.15, 0.2) is 48.8 Å². The summed E-state index contributed by atoms with van der Waals surface area (Å²) in [6.07, 6.45) is -1.79. The van der Waals surface area contributed by atoms with E-state index in [0.717, 1.165) is 25.1 Å². The van der Waals surface area contributed by atoms with Gasteiger partial charge in [-0.25, -0.2) is 13.6 Å². The van der Waals surface area contributed by atoms with Gasteiger partial charge in [0.25, 0.3) is 5.91 Å². The highest BCUT2D eigenvalue weighted by Crippen LogP contribution is 2.43. The topological polar surface area (TPSA) is 131 Å². The lowest BCUT2D eigenvalue weighted by Crippen LogP contribution is -2.51. The monoisotopic (exact) mass is 604 g/mol. The van der Waals surface area contributed by atoms with Crippen molar-refractivity contribution in [2.45, 2.75) is 50.6 Å². The van der Waals surface area contributed by atoms with Gasteiger partial charge in [-0.3, -0.25) is 24.0 Å². The van der Waals surface area contributed by atoms with E-state index in [0.29, 0.717) is 20.9 Å². The fourth-order valence-electron chi connectivity index (χ4n) is 5.40. The summed E-state index contributed by atoms with van der Waals surface area (Å²) < 4.78 is 70.9. The molecule has 0 radical (unpaired) electrons. The second-order valence-electron chi connectivity index (χ2n) is 10.5. The Hall–Kier alpha value is -4.82. The molecule has 1 fully saturated rings. The van der Waals surface area contributed by atoms with E-state index < -0.39 is 66.2 Å². The first-order valence-corrected chi connectivity index (χ1v) is 13.1. The summed E-state index contributed by atoms with van der Waals surface area (Å²) >= 11 is 0. The Morgan fingerprint density at radius 1 is 1.14 bits per heavy atom. The summed E-state index contributed by atoms with van der Waals surface area (Å²) in [5.41, 5.74) is 4.84. The van der Waals surface area contributed by atoms with Crippen molar-refractivity contribution >= 4 is 23.8 Å². The Morgan fingerprint density at radius 2 is 1.84 bits per heavy atom. The number of nitrogens with zero attached hydrogens (tertiary/aromatic N) is 4. The van der Waals surface area contributed by atoms with Gasteiger partial charge in [-0.2, -0.15) is 18.3 Å². The third-order valence-electron chi connectivity index (χ3n) is 7.68. The minimum atomic E-state index is -4.83. The molecular weight excluding hydrogens is 579 g/mol. The van der Waals surface area contributed by atoms with Crippen LogP contribution in [0, 0.1) is 11.6 Å². The van der Waals surface area contributed by atoms with E-state index in [-0.39, 0.29) is 36.1 Å². The van der Waals surface area contributed by atoms with Crippen LogP contribution in [0.5, 0.6) is 0 Å². The number of hydrogen-bond donors (Lipinski definition) is 2. The smallest absolute Gasteiger partial charge is 0.368 e. The fraction of sp³-hybridized carbons (Fsp3) is 0.321. The highest BCUT2D eigenvalue weighted by Gasteiger charge is 2.56. The molecule has 10 nitrogen and oxygen atoms in total. The highest BCUT2D eigenvalue weighted by atomic mass is 19.4. The van der Waals surface area contributed by atoms with Crippen molar-refractivity contribution in [2.24, 2.45) is 5.73 Å². The molecule has 3 aromatic rings. The van der Waals surface area contributed by atoms with Crippen molar-refractivity contribution in [3.63, 3.8) is 0 Å². The molecule has 1 saturated heterocycles. The maximum atomic E-state index is 15.4. The summed E-state index contributed by atoms with van der Waals surface area (Å²) in [4.78, 5) is 51.9. The van der Waals surface area contributed by atoms with Gasteiger partial charge in [-0.15, -0.1) is 0 Å². The number of rotatable bonds is 8. The molecule has 2 heterocycles. The Labute approximate surface area is 241 Å². The highest BCUT2D eigenvalue weighted by molar-refractivity contribution is 6.10. The molecule has 2 aliphatic rings. The molecule has 15 heteroatoms. The summed E-state index contributed by atoms with van der Waals surface area (Å²) in [7, 11) is 0. The standard InChI is InChI=1S/C28H25F5N6O4/c1-15(28(31,32)33)38(11-16-2-4-19(29)5-3-16)24(41)14-39-25(42)27(36-26(39)43)7-6-17-8-20(22(30)9-21(17)27)18-10-35-37(12-18)13-23(34)40/h2-5,8-10,12,15H,6-7,11,13-14H2,1H3,(H2,34,40)(H,36,43)/t15-,27?/m0/s1. The normalized spacial score (nSPS) is 18.6. The second kappa shape index (κ2) is 10.8. The first-order valence-electron chi connectivity index (χ1n) is 13.1. The molecule has 1 unspecified atom stereocenters. The van der Waals surface area contributed by atoms with Crippen molar-refractivity contribution in [1.82, 2.24) is 24.9 Å². The molecule has 43 heavy (non-hydrogen) atoms. The zero-order valence-corrected chi connectivity index (χ0v) is 22.6. The maximum Gasteiger partial charge on any atom is 0.408 e. The molecule has 0 saturated carbocycles. The molecule has 3 N–H and O–H groups in total.